The Hall–Kier alpha value is -1.71. The molecule has 110 valence electrons. The normalized spacial score (nSPS) is 19.6. The number of nitrogens with one attached hydrogen (secondary N) is 1. The number of aryl methyl sites for hydroxylation is 1. The van der Waals surface area contributed by atoms with Gasteiger partial charge in [0.15, 0.2) is 0 Å². The minimum atomic E-state index is 0.594. The lowest BCUT2D eigenvalue weighted by atomic mass is 10.0. The van der Waals surface area contributed by atoms with Gasteiger partial charge < -0.3 is 5.32 Å². The average Bonchev–Trinajstić information content (AvgIpc) is 2.48. The zero-order valence-electron chi connectivity index (χ0n) is 12.8. The van der Waals surface area contributed by atoms with Gasteiger partial charge in [-0.15, -0.1) is 0 Å². The van der Waals surface area contributed by atoms with Crippen LogP contribution in [0.5, 0.6) is 0 Å². The second-order valence-corrected chi connectivity index (χ2v) is 6.04. The van der Waals surface area contributed by atoms with E-state index in [0.717, 1.165) is 26.2 Å². The van der Waals surface area contributed by atoms with Gasteiger partial charge >= 0.3 is 0 Å². The van der Waals surface area contributed by atoms with E-state index in [1.54, 1.807) is 0 Å². The van der Waals surface area contributed by atoms with E-state index in [1.807, 2.05) is 12.4 Å². The van der Waals surface area contributed by atoms with Crippen LogP contribution in [0.1, 0.15) is 18.1 Å². The van der Waals surface area contributed by atoms with Crippen molar-refractivity contribution in [3.05, 3.63) is 53.9 Å². The largest absolute Gasteiger partial charge is 0.312 e. The van der Waals surface area contributed by atoms with E-state index in [0.29, 0.717) is 6.04 Å². The van der Waals surface area contributed by atoms with Crippen molar-refractivity contribution in [1.29, 1.82) is 0 Å². The molecule has 3 rings (SSSR count). The molecule has 1 aliphatic rings. The van der Waals surface area contributed by atoms with Crippen LogP contribution in [0.2, 0.25) is 0 Å². The van der Waals surface area contributed by atoms with Crippen molar-refractivity contribution >= 4 is 0 Å². The Morgan fingerprint density at radius 1 is 1.19 bits per heavy atom. The molecule has 1 saturated heterocycles. The molecule has 0 aliphatic carbocycles. The molecule has 0 amide bonds. The number of hydrogen-bond donors (Lipinski definition) is 1. The maximum absolute atomic E-state index is 4.27. The molecule has 3 heteroatoms. The van der Waals surface area contributed by atoms with E-state index < -0.39 is 0 Å². The fraction of sp³-hybridized carbons (Fsp3) is 0.389. The van der Waals surface area contributed by atoms with Crippen molar-refractivity contribution in [3.8, 4) is 11.1 Å². The van der Waals surface area contributed by atoms with Crippen LogP contribution in [0, 0.1) is 6.92 Å². The molecule has 1 N–H and O–H groups in total. The number of rotatable bonds is 3. The average molecular weight is 281 g/mol. The van der Waals surface area contributed by atoms with Crippen molar-refractivity contribution in [2.75, 3.05) is 19.6 Å². The lowest BCUT2D eigenvalue weighted by Gasteiger charge is -2.31. The first-order valence-electron chi connectivity index (χ1n) is 7.67. The van der Waals surface area contributed by atoms with Crippen LogP contribution < -0.4 is 5.32 Å². The van der Waals surface area contributed by atoms with Gasteiger partial charge in [-0.1, -0.05) is 24.3 Å². The van der Waals surface area contributed by atoms with E-state index in [9.17, 15) is 0 Å². The molecule has 0 spiro atoms. The quantitative estimate of drug-likeness (QED) is 0.937. The Kier molecular flexibility index (Phi) is 4.32. The third kappa shape index (κ3) is 3.69. The van der Waals surface area contributed by atoms with E-state index in [-0.39, 0.29) is 0 Å². The van der Waals surface area contributed by atoms with Gasteiger partial charge in [0, 0.05) is 50.2 Å². The van der Waals surface area contributed by atoms with Gasteiger partial charge in [-0.3, -0.25) is 9.88 Å². The Bertz CT molecular complexity index is 592. The molecule has 0 unspecified atom stereocenters. The van der Waals surface area contributed by atoms with Crippen LogP contribution in [-0.2, 0) is 6.54 Å². The van der Waals surface area contributed by atoms with Gasteiger partial charge in [0.25, 0.3) is 0 Å². The molecule has 1 fully saturated rings. The fourth-order valence-corrected chi connectivity index (χ4v) is 2.93. The second-order valence-electron chi connectivity index (χ2n) is 6.04. The summed E-state index contributed by atoms with van der Waals surface area (Å²) in [6, 6.07) is 11.7. The predicted molar refractivity (Wildman–Crippen MR) is 87.2 cm³/mol. The van der Waals surface area contributed by atoms with E-state index >= 15 is 0 Å². The highest BCUT2D eigenvalue weighted by atomic mass is 15.2. The number of piperazine rings is 1. The molecule has 2 aromatic rings. The summed E-state index contributed by atoms with van der Waals surface area (Å²) in [5.41, 5.74) is 5.01. The maximum atomic E-state index is 4.27. The first-order valence-corrected chi connectivity index (χ1v) is 7.67. The molecule has 3 nitrogen and oxygen atoms in total. The molecular weight excluding hydrogens is 258 g/mol. The third-order valence-corrected chi connectivity index (χ3v) is 4.02. The third-order valence-electron chi connectivity index (χ3n) is 4.02. The van der Waals surface area contributed by atoms with Crippen molar-refractivity contribution in [2.24, 2.45) is 0 Å². The number of nitrogens with zero attached hydrogens (tertiary/aromatic N) is 2. The van der Waals surface area contributed by atoms with E-state index in [1.165, 1.54) is 22.3 Å². The summed E-state index contributed by atoms with van der Waals surface area (Å²) in [5, 5.41) is 3.48. The Balaban J connectivity index is 1.69. The standard InChI is InChI=1S/C18H23N3/c1-14-9-18(11-19-10-14)17-5-3-16(4-6-17)13-21-8-7-20-15(2)12-21/h3-6,9-11,15,20H,7-8,12-13H2,1-2H3/t15-/m1/s1. The van der Waals surface area contributed by atoms with Crippen LogP contribution >= 0.6 is 0 Å². The van der Waals surface area contributed by atoms with Gasteiger partial charge in [-0.05, 0) is 36.6 Å². The smallest absolute Gasteiger partial charge is 0.0346 e. The van der Waals surface area contributed by atoms with Crippen LogP contribution in [0.4, 0.5) is 0 Å². The van der Waals surface area contributed by atoms with Gasteiger partial charge in [0.05, 0.1) is 0 Å². The maximum Gasteiger partial charge on any atom is 0.0346 e. The van der Waals surface area contributed by atoms with Gasteiger partial charge in [-0.2, -0.15) is 0 Å². The topological polar surface area (TPSA) is 28.2 Å². The Morgan fingerprint density at radius 2 is 2.00 bits per heavy atom. The van der Waals surface area contributed by atoms with Crippen molar-refractivity contribution in [1.82, 2.24) is 15.2 Å². The molecule has 2 heterocycles. The molecule has 1 aromatic carbocycles. The summed E-state index contributed by atoms with van der Waals surface area (Å²) in [4.78, 5) is 6.79. The highest BCUT2D eigenvalue weighted by Gasteiger charge is 2.15. The molecule has 1 aliphatic heterocycles. The fourth-order valence-electron chi connectivity index (χ4n) is 2.93. The highest BCUT2D eigenvalue weighted by molar-refractivity contribution is 5.63. The van der Waals surface area contributed by atoms with Crippen molar-refractivity contribution in [2.45, 2.75) is 26.4 Å². The molecule has 0 saturated carbocycles. The lowest BCUT2D eigenvalue weighted by molar-refractivity contribution is 0.199. The van der Waals surface area contributed by atoms with Crippen LogP contribution in [0.25, 0.3) is 11.1 Å². The first kappa shape index (κ1) is 14.2. The van der Waals surface area contributed by atoms with Gasteiger partial charge in [0.2, 0.25) is 0 Å². The lowest BCUT2D eigenvalue weighted by Crippen LogP contribution is -2.48. The number of benzene rings is 1. The number of aromatic nitrogens is 1. The zero-order chi connectivity index (χ0) is 14.7. The molecule has 21 heavy (non-hydrogen) atoms. The second kappa shape index (κ2) is 6.37. The minimum Gasteiger partial charge on any atom is -0.312 e. The SMILES string of the molecule is Cc1cncc(-c2ccc(CN3CCN[C@H](C)C3)cc2)c1. The van der Waals surface area contributed by atoms with Crippen molar-refractivity contribution < 1.29 is 0 Å². The molecule has 1 atom stereocenters. The molecule has 1 aromatic heterocycles. The predicted octanol–water partition coefficient (Wildman–Crippen LogP) is 2.85. The Labute approximate surface area is 127 Å². The summed E-state index contributed by atoms with van der Waals surface area (Å²) < 4.78 is 0. The minimum absolute atomic E-state index is 0.594. The van der Waals surface area contributed by atoms with Gasteiger partial charge in [-0.25, -0.2) is 0 Å². The summed E-state index contributed by atoms with van der Waals surface area (Å²) in [6.45, 7) is 8.72. The van der Waals surface area contributed by atoms with E-state index in [2.05, 4.69) is 59.4 Å². The first-order chi connectivity index (χ1) is 10.2. The molecule has 0 bridgehead atoms. The molecule has 0 radical (unpaired) electrons. The van der Waals surface area contributed by atoms with E-state index in [4.69, 9.17) is 0 Å². The summed E-state index contributed by atoms with van der Waals surface area (Å²) in [5.74, 6) is 0. The van der Waals surface area contributed by atoms with Crippen LogP contribution in [-0.4, -0.2) is 35.6 Å². The number of hydrogen-bond acceptors (Lipinski definition) is 3. The van der Waals surface area contributed by atoms with Crippen molar-refractivity contribution in [3.63, 3.8) is 0 Å². The monoisotopic (exact) mass is 281 g/mol. The highest BCUT2D eigenvalue weighted by Crippen LogP contribution is 2.20. The van der Waals surface area contributed by atoms with Crippen LogP contribution in [0.3, 0.4) is 0 Å². The zero-order valence-corrected chi connectivity index (χ0v) is 12.8. The van der Waals surface area contributed by atoms with Gasteiger partial charge in [0.1, 0.15) is 0 Å². The molecular formula is C18H23N3. The summed E-state index contributed by atoms with van der Waals surface area (Å²) in [7, 11) is 0. The number of pyridine rings is 1. The summed E-state index contributed by atoms with van der Waals surface area (Å²) in [6.07, 6.45) is 3.82. The Morgan fingerprint density at radius 3 is 2.71 bits per heavy atom. The summed E-state index contributed by atoms with van der Waals surface area (Å²) >= 11 is 0. The van der Waals surface area contributed by atoms with Crippen LogP contribution in [0.15, 0.2) is 42.7 Å².